The van der Waals surface area contributed by atoms with Crippen LogP contribution in [0.15, 0.2) is 60.8 Å². The maximum atomic E-state index is 13.3. The molecule has 35 heavy (non-hydrogen) atoms. The molecule has 0 saturated carbocycles. The van der Waals surface area contributed by atoms with Crippen molar-refractivity contribution in [1.82, 2.24) is 14.8 Å². The highest BCUT2D eigenvalue weighted by molar-refractivity contribution is 7.17. The maximum Gasteiger partial charge on any atom is 0.247 e. The molecule has 3 heterocycles. The average molecular weight is 510 g/mol. The van der Waals surface area contributed by atoms with Gasteiger partial charge in [0.05, 0.1) is 11.4 Å². The summed E-state index contributed by atoms with van der Waals surface area (Å²) in [5.41, 5.74) is 3.10. The Morgan fingerprint density at radius 2 is 1.91 bits per heavy atom. The maximum absolute atomic E-state index is 13.3. The predicted molar refractivity (Wildman–Crippen MR) is 140 cm³/mol. The van der Waals surface area contributed by atoms with E-state index in [1.165, 1.54) is 11.3 Å². The zero-order chi connectivity index (χ0) is 24.8. The van der Waals surface area contributed by atoms with Crippen molar-refractivity contribution in [3.63, 3.8) is 0 Å². The number of amides is 2. The third kappa shape index (κ3) is 6.10. The number of carbonyl (C=O) groups excluding carboxylic acids is 2. The second-order valence-corrected chi connectivity index (χ2v) is 10.1. The molecule has 1 saturated heterocycles. The molecule has 1 unspecified atom stereocenters. The number of methoxy groups -OCH3 is 1. The van der Waals surface area contributed by atoms with E-state index >= 15 is 0 Å². The van der Waals surface area contributed by atoms with Gasteiger partial charge in [-0.15, -0.1) is 11.3 Å². The number of nitrogens with zero attached hydrogens (tertiary/aromatic N) is 3. The van der Waals surface area contributed by atoms with Gasteiger partial charge in [-0.2, -0.15) is 0 Å². The number of hydrogen-bond acceptors (Lipinski definition) is 5. The lowest BCUT2D eigenvalue weighted by Crippen LogP contribution is -2.58. The molecule has 1 aliphatic rings. The number of benzene rings is 1. The molecule has 0 bridgehead atoms. The lowest BCUT2D eigenvalue weighted by molar-refractivity contribution is -0.150. The molecule has 2 aromatic heterocycles. The van der Waals surface area contributed by atoms with Gasteiger partial charge in [-0.05, 0) is 41.8 Å². The average Bonchev–Trinajstić information content (AvgIpc) is 3.30. The van der Waals surface area contributed by atoms with Gasteiger partial charge in [0, 0.05) is 48.4 Å². The molecule has 1 fully saturated rings. The topological polar surface area (TPSA) is 62.7 Å². The minimum Gasteiger partial charge on any atom is -0.481 e. The van der Waals surface area contributed by atoms with E-state index in [1.54, 1.807) is 36.4 Å². The van der Waals surface area contributed by atoms with Crippen LogP contribution < -0.4 is 4.74 Å². The first-order valence-corrected chi connectivity index (χ1v) is 12.8. The smallest absolute Gasteiger partial charge is 0.247 e. The summed E-state index contributed by atoms with van der Waals surface area (Å²) >= 11 is 7.39. The van der Waals surface area contributed by atoms with Gasteiger partial charge >= 0.3 is 0 Å². The van der Waals surface area contributed by atoms with E-state index in [1.807, 2.05) is 54.3 Å². The quantitative estimate of drug-likeness (QED) is 0.375. The Kier molecular flexibility index (Phi) is 8.21. The molecule has 4 rings (SSSR count). The fraction of sp³-hybridized carbons (Fsp3) is 0.296. The van der Waals surface area contributed by atoms with Crippen LogP contribution in [0.4, 0.5) is 0 Å². The van der Waals surface area contributed by atoms with Crippen LogP contribution in [-0.4, -0.2) is 52.8 Å². The highest BCUT2D eigenvalue weighted by Gasteiger charge is 2.35. The van der Waals surface area contributed by atoms with Crippen molar-refractivity contribution in [2.45, 2.75) is 32.4 Å². The Bertz CT molecular complexity index is 1190. The summed E-state index contributed by atoms with van der Waals surface area (Å²) in [6.07, 6.45) is 6.55. The second-order valence-electron chi connectivity index (χ2n) is 8.36. The molecule has 0 radical (unpaired) electrons. The fourth-order valence-electron chi connectivity index (χ4n) is 4.17. The molecule has 0 N–H and O–H groups in total. The SMILES string of the molecule is CCCC1C(=O)N(Cc2ccc(-c3ccc(OC)nc3)cc2)CCN1C(=O)C=Cc1ccc(Cl)s1. The minimum absolute atomic E-state index is 0.00227. The van der Waals surface area contributed by atoms with Gasteiger partial charge in [0.1, 0.15) is 6.04 Å². The Hall–Kier alpha value is -3.16. The Morgan fingerprint density at radius 1 is 1.14 bits per heavy atom. The predicted octanol–water partition coefficient (Wildman–Crippen LogP) is 5.53. The molecule has 1 atom stereocenters. The van der Waals surface area contributed by atoms with Gasteiger partial charge in [0.2, 0.25) is 17.7 Å². The summed E-state index contributed by atoms with van der Waals surface area (Å²) in [7, 11) is 1.59. The number of carbonyl (C=O) groups is 2. The zero-order valence-electron chi connectivity index (χ0n) is 19.8. The van der Waals surface area contributed by atoms with Crippen LogP contribution in [0.3, 0.4) is 0 Å². The molecule has 8 heteroatoms. The van der Waals surface area contributed by atoms with Crippen molar-refractivity contribution in [1.29, 1.82) is 0 Å². The van der Waals surface area contributed by atoms with Gasteiger partial charge in [-0.3, -0.25) is 9.59 Å². The summed E-state index contributed by atoms with van der Waals surface area (Å²) in [4.78, 5) is 35.0. The second kappa shape index (κ2) is 11.5. The van der Waals surface area contributed by atoms with Gasteiger partial charge in [-0.25, -0.2) is 4.98 Å². The van der Waals surface area contributed by atoms with Crippen molar-refractivity contribution >= 4 is 40.8 Å². The van der Waals surface area contributed by atoms with E-state index in [0.717, 1.165) is 28.0 Å². The van der Waals surface area contributed by atoms with Gasteiger partial charge in [0.25, 0.3) is 0 Å². The number of thiophene rings is 1. The van der Waals surface area contributed by atoms with Gasteiger partial charge < -0.3 is 14.5 Å². The van der Waals surface area contributed by atoms with Crippen molar-refractivity contribution in [3.05, 3.63) is 75.6 Å². The van der Waals surface area contributed by atoms with E-state index in [9.17, 15) is 9.59 Å². The van der Waals surface area contributed by atoms with E-state index in [2.05, 4.69) is 4.98 Å². The van der Waals surface area contributed by atoms with E-state index in [4.69, 9.17) is 16.3 Å². The fourth-order valence-corrected chi connectivity index (χ4v) is 5.14. The number of pyridine rings is 1. The van der Waals surface area contributed by atoms with Crippen LogP contribution >= 0.6 is 22.9 Å². The molecular weight excluding hydrogens is 482 g/mol. The van der Waals surface area contributed by atoms with Crippen molar-refractivity contribution in [2.24, 2.45) is 0 Å². The van der Waals surface area contributed by atoms with Crippen molar-refractivity contribution in [3.8, 4) is 17.0 Å². The highest BCUT2D eigenvalue weighted by Crippen LogP contribution is 2.25. The largest absolute Gasteiger partial charge is 0.481 e. The summed E-state index contributed by atoms with van der Waals surface area (Å²) in [5, 5.41) is 0. The summed E-state index contributed by atoms with van der Waals surface area (Å²) in [6, 6.07) is 15.2. The first-order valence-electron chi connectivity index (χ1n) is 11.6. The van der Waals surface area contributed by atoms with E-state index in [0.29, 0.717) is 36.3 Å². The number of hydrogen-bond donors (Lipinski definition) is 0. The molecule has 2 amide bonds. The number of aromatic nitrogens is 1. The molecule has 0 aliphatic carbocycles. The van der Waals surface area contributed by atoms with Crippen LogP contribution in [0, 0.1) is 0 Å². The Labute approximate surface area is 214 Å². The highest BCUT2D eigenvalue weighted by atomic mass is 35.5. The van der Waals surface area contributed by atoms with Crippen LogP contribution in [0.5, 0.6) is 5.88 Å². The third-order valence-corrected chi connectivity index (χ3v) is 7.22. The van der Waals surface area contributed by atoms with Crippen molar-refractivity contribution in [2.75, 3.05) is 20.2 Å². The lowest BCUT2D eigenvalue weighted by Gasteiger charge is -2.40. The van der Waals surface area contributed by atoms with Crippen LogP contribution in [0.25, 0.3) is 17.2 Å². The molecule has 0 spiro atoms. The molecule has 3 aromatic rings. The normalized spacial score (nSPS) is 16.2. The summed E-state index contributed by atoms with van der Waals surface area (Å²) < 4.78 is 5.80. The van der Waals surface area contributed by atoms with Crippen molar-refractivity contribution < 1.29 is 14.3 Å². The lowest BCUT2D eigenvalue weighted by atomic mass is 10.0. The zero-order valence-corrected chi connectivity index (χ0v) is 21.4. The van der Waals surface area contributed by atoms with Crippen LogP contribution in [-0.2, 0) is 16.1 Å². The number of ether oxygens (including phenoxy) is 1. The minimum atomic E-state index is -0.442. The number of rotatable bonds is 8. The molecular formula is C27H28ClN3O3S. The molecule has 1 aliphatic heterocycles. The third-order valence-electron chi connectivity index (χ3n) is 6.02. The van der Waals surface area contributed by atoms with Gasteiger partial charge in [0.15, 0.2) is 0 Å². The van der Waals surface area contributed by atoms with Crippen LogP contribution in [0.2, 0.25) is 4.34 Å². The first-order chi connectivity index (χ1) is 17.0. The summed E-state index contributed by atoms with van der Waals surface area (Å²) in [5.74, 6) is 0.440. The Balaban J connectivity index is 1.41. The Morgan fingerprint density at radius 3 is 2.54 bits per heavy atom. The first kappa shape index (κ1) is 24.9. The van der Waals surface area contributed by atoms with E-state index in [-0.39, 0.29) is 11.8 Å². The number of halogens is 1. The molecule has 1 aromatic carbocycles. The number of piperazine rings is 1. The van der Waals surface area contributed by atoms with Gasteiger partial charge in [-0.1, -0.05) is 49.2 Å². The summed E-state index contributed by atoms with van der Waals surface area (Å²) in [6.45, 7) is 3.57. The molecule has 6 nitrogen and oxygen atoms in total. The van der Waals surface area contributed by atoms with E-state index < -0.39 is 6.04 Å². The monoisotopic (exact) mass is 509 g/mol. The van der Waals surface area contributed by atoms with Crippen LogP contribution in [0.1, 0.15) is 30.2 Å². The molecule has 182 valence electrons. The standard InChI is InChI=1S/C27H28ClN3O3S/c1-3-4-23-27(33)30(15-16-31(23)26(32)14-11-22-10-12-24(28)35-22)18-19-5-7-20(8-6-19)21-9-13-25(34-2)29-17-21/h5-14,17,23H,3-4,15-16,18H2,1-2H3.